The predicted octanol–water partition coefficient (Wildman–Crippen LogP) is 4.24. The van der Waals surface area contributed by atoms with Crippen LogP contribution in [0.3, 0.4) is 0 Å². The summed E-state index contributed by atoms with van der Waals surface area (Å²) in [7, 11) is 0. The third-order valence-corrected chi connectivity index (χ3v) is 6.53. The number of aromatic amines is 1. The molecule has 14 heteroatoms. The molecule has 6 N–H and O–H groups in total. The lowest BCUT2D eigenvalue weighted by molar-refractivity contribution is -0.189. The number of anilines is 2. The number of benzene rings is 2. The number of nitrogens with one attached hydrogen (secondary N) is 2. The number of hydrogen-bond acceptors (Lipinski definition) is 6. The van der Waals surface area contributed by atoms with Gasteiger partial charge in [-0.15, -0.1) is 0 Å². The third-order valence-electron chi connectivity index (χ3n) is 6.53. The van der Waals surface area contributed by atoms with Gasteiger partial charge in [-0.25, -0.2) is 18.7 Å². The van der Waals surface area contributed by atoms with Crippen molar-refractivity contribution < 1.29 is 31.5 Å². The maximum atomic E-state index is 14.4. The molecule has 1 saturated carbocycles. The lowest BCUT2D eigenvalue weighted by atomic mass is 9.98. The first-order chi connectivity index (χ1) is 17.8. The molecular formula is C24H18F5N7O2. The number of halogens is 5. The van der Waals surface area contributed by atoms with Crippen LogP contribution in [0.5, 0.6) is 0 Å². The molecule has 9 nitrogen and oxygen atoms in total. The third kappa shape index (κ3) is 3.88. The van der Waals surface area contributed by atoms with Crippen LogP contribution in [0.4, 0.5) is 33.3 Å². The van der Waals surface area contributed by atoms with Gasteiger partial charge in [0.2, 0.25) is 5.91 Å². The van der Waals surface area contributed by atoms with Crippen LogP contribution in [0, 0.1) is 24.0 Å². The van der Waals surface area contributed by atoms with Crippen molar-refractivity contribution in [3.05, 3.63) is 53.4 Å². The predicted molar refractivity (Wildman–Crippen MR) is 126 cm³/mol. The van der Waals surface area contributed by atoms with Gasteiger partial charge in [0.15, 0.2) is 23.2 Å². The first kappa shape index (κ1) is 25.0. The van der Waals surface area contributed by atoms with Crippen LogP contribution in [0.2, 0.25) is 0 Å². The van der Waals surface area contributed by atoms with Crippen LogP contribution in [0.15, 0.2) is 30.5 Å². The van der Waals surface area contributed by atoms with E-state index in [-0.39, 0.29) is 11.4 Å². The van der Waals surface area contributed by atoms with E-state index in [0.717, 1.165) is 0 Å². The number of hydrogen-bond donors (Lipinski definition) is 4. The highest BCUT2D eigenvalue weighted by Gasteiger charge is 2.68. The molecule has 1 aliphatic rings. The van der Waals surface area contributed by atoms with Crippen molar-refractivity contribution >= 4 is 34.1 Å². The molecule has 0 unspecified atom stereocenters. The van der Waals surface area contributed by atoms with E-state index in [9.17, 15) is 31.5 Å². The van der Waals surface area contributed by atoms with Crippen molar-refractivity contribution in [1.82, 2.24) is 20.2 Å². The number of nitrogen functional groups attached to an aromatic ring is 1. The van der Waals surface area contributed by atoms with Crippen LogP contribution in [-0.4, -0.2) is 38.2 Å². The maximum absolute atomic E-state index is 14.4. The van der Waals surface area contributed by atoms with Gasteiger partial charge >= 0.3 is 6.18 Å². The summed E-state index contributed by atoms with van der Waals surface area (Å²) >= 11 is 0. The number of nitrogens with zero attached hydrogens (tertiary/aromatic N) is 3. The van der Waals surface area contributed by atoms with E-state index in [1.807, 2.05) is 5.32 Å². The first-order valence-electron chi connectivity index (χ1n) is 11.1. The molecule has 0 saturated heterocycles. The number of aryl methyl sites for hydroxylation is 1. The quantitative estimate of drug-likeness (QED) is 0.283. The van der Waals surface area contributed by atoms with Crippen molar-refractivity contribution in [2.75, 3.05) is 11.1 Å². The van der Waals surface area contributed by atoms with Crippen LogP contribution in [0.25, 0.3) is 33.5 Å². The molecule has 196 valence electrons. The Morgan fingerprint density at radius 2 is 1.79 bits per heavy atom. The summed E-state index contributed by atoms with van der Waals surface area (Å²) in [5.74, 6) is -5.79. The topological polar surface area (TPSA) is 153 Å². The van der Waals surface area contributed by atoms with Crippen molar-refractivity contribution in [2.24, 2.45) is 11.1 Å². The Kier molecular flexibility index (Phi) is 5.58. The molecule has 0 spiro atoms. The molecule has 2 aromatic carbocycles. The van der Waals surface area contributed by atoms with E-state index in [0.29, 0.717) is 34.2 Å². The average Bonchev–Trinajstić information content (AvgIpc) is 3.54. The summed E-state index contributed by atoms with van der Waals surface area (Å²) in [5, 5.41) is 9.35. The van der Waals surface area contributed by atoms with Crippen molar-refractivity contribution in [2.45, 2.75) is 25.9 Å². The molecule has 0 atom stereocenters. The molecule has 2 aromatic heterocycles. The molecule has 2 amide bonds. The summed E-state index contributed by atoms with van der Waals surface area (Å²) in [5.41, 5.74) is 9.04. The number of fused-ring (bicyclic) bond motifs is 1. The van der Waals surface area contributed by atoms with Gasteiger partial charge in [-0.1, -0.05) is 6.07 Å². The summed E-state index contributed by atoms with van der Waals surface area (Å²) in [6.07, 6.45) is -4.27. The summed E-state index contributed by atoms with van der Waals surface area (Å²) in [6, 6.07) is 4.58. The monoisotopic (exact) mass is 531 g/mol. The minimum absolute atomic E-state index is 0.00994. The number of H-pyrrole nitrogens is 1. The second kappa shape index (κ2) is 8.46. The lowest BCUT2D eigenvalue weighted by Crippen LogP contribution is -2.37. The number of alkyl halides is 3. The van der Waals surface area contributed by atoms with Crippen molar-refractivity contribution in [3.63, 3.8) is 0 Å². The fraction of sp³-hybridized carbons (Fsp3) is 0.208. The molecule has 1 fully saturated rings. The summed E-state index contributed by atoms with van der Waals surface area (Å²) < 4.78 is 69.0. The Morgan fingerprint density at radius 1 is 1.11 bits per heavy atom. The minimum atomic E-state index is -4.85. The molecule has 0 aliphatic heterocycles. The smallest absolute Gasteiger partial charge is 0.395 e. The molecule has 0 radical (unpaired) electrons. The summed E-state index contributed by atoms with van der Waals surface area (Å²) in [4.78, 5) is 33.2. The van der Waals surface area contributed by atoms with Gasteiger partial charge in [0, 0.05) is 22.6 Å². The Balaban J connectivity index is 1.73. The number of rotatable bonds is 5. The van der Waals surface area contributed by atoms with Crippen LogP contribution < -0.4 is 16.8 Å². The lowest BCUT2D eigenvalue weighted by Gasteiger charge is -2.20. The minimum Gasteiger partial charge on any atom is -0.395 e. The molecule has 38 heavy (non-hydrogen) atoms. The molecule has 1 aliphatic carbocycles. The van der Waals surface area contributed by atoms with E-state index in [1.165, 1.54) is 6.20 Å². The van der Waals surface area contributed by atoms with Gasteiger partial charge in [-0.05, 0) is 37.5 Å². The van der Waals surface area contributed by atoms with E-state index in [1.54, 1.807) is 19.1 Å². The van der Waals surface area contributed by atoms with Crippen LogP contribution >= 0.6 is 0 Å². The number of primary amides is 1. The van der Waals surface area contributed by atoms with Crippen molar-refractivity contribution in [1.29, 1.82) is 0 Å². The molecule has 5 rings (SSSR count). The van der Waals surface area contributed by atoms with Gasteiger partial charge in [0.05, 0.1) is 28.8 Å². The number of carbonyl (C=O) groups is 2. The van der Waals surface area contributed by atoms with Gasteiger partial charge < -0.3 is 16.8 Å². The normalized spacial score (nSPS) is 14.5. The second-order valence-electron chi connectivity index (χ2n) is 8.96. The molecule has 0 bridgehead atoms. The zero-order valence-electron chi connectivity index (χ0n) is 19.5. The molecule has 4 aromatic rings. The largest absolute Gasteiger partial charge is 0.403 e. The van der Waals surface area contributed by atoms with Crippen molar-refractivity contribution in [3.8, 4) is 22.6 Å². The highest BCUT2D eigenvalue weighted by atomic mass is 19.4. The van der Waals surface area contributed by atoms with E-state index in [4.69, 9.17) is 11.5 Å². The zero-order valence-corrected chi connectivity index (χ0v) is 19.5. The number of carbonyl (C=O) groups excluding carboxylic acids is 2. The fourth-order valence-corrected chi connectivity index (χ4v) is 4.25. The highest BCUT2D eigenvalue weighted by Crippen LogP contribution is 2.58. The molecular weight excluding hydrogens is 513 g/mol. The SMILES string of the molecule is Cc1ccc2[nH]ncc2c1-c1nc(-c2cc(F)c(F)cc2NC(=O)C2(C(F)(F)F)CC2)nc(C(N)=O)c1N. The first-order valence-corrected chi connectivity index (χ1v) is 11.1. The Bertz CT molecular complexity index is 1640. The van der Waals surface area contributed by atoms with Gasteiger partial charge in [0.1, 0.15) is 5.41 Å². The average molecular weight is 531 g/mol. The maximum Gasteiger partial charge on any atom is 0.403 e. The van der Waals surface area contributed by atoms with Crippen LogP contribution in [0.1, 0.15) is 28.9 Å². The van der Waals surface area contributed by atoms with Gasteiger partial charge in [-0.2, -0.15) is 18.3 Å². The fourth-order valence-electron chi connectivity index (χ4n) is 4.25. The Labute approximate surface area is 210 Å². The Morgan fingerprint density at radius 3 is 2.42 bits per heavy atom. The van der Waals surface area contributed by atoms with E-state index in [2.05, 4.69) is 20.2 Å². The van der Waals surface area contributed by atoms with E-state index < -0.39 is 70.7 Å². The number of nitrogens with two attached hydrogens (primary N) is 2. The van der Waals surface area contributed by atoms with Crippen LogP contribution in [-0.2, 0) is 4.79 Å². The number of amides is 2. The second-order valence-corrected chi connectivity index (χ2v) is 8.96. The summed E-state index contributed by atoms with van der Waals surface area (Å²) in [6.45, 7) is 1.72. The standard InChI is InChI=1S/C24H18F5N7O2/c1-9-2-3-14-11(8-32-36-14)16(9)18-17(30)19(20(31)37)35-21(34-18)10-6-12(25)13(26)7-15(10)33-22(38)23(4-5-23)24(27,28)29/h2-3,6-8H,4-5,30H2,1H3,(H2,31,37)(H,32,36)(H,33,38). The van der Waals surface area contributed by atoms with Gasteiger partial charge in [-0.3, -0.25) is 14.7 Å². The van der Waals surface area contributed by atoms with Gasteiger partial charge in [0.25, 0.3) is 5.91 Å². The number of aromatic nitrogens is 4. The highest BCUT2D eigenvalue weighted by molar-refractivity contribution is 6.05. The molecule has 2 heterocycles. The zero-order chi connectivity index (χ0) is 27.6. The Hall–Kier alpha value is -4.62. The van der Waals surface area contributed by atoms with E-state index >= 15 is 0 Å².